The number of halogens is 6. The van der Waals surface area contributed by atoms with Crippen molar-refractivity contribution in [1.29, 1.82) is 10.5 Å². The minimum absolute atomic E-state index is 0. The van der Waals surface area contributed by atoms with E-state index in [4.69, 9.17) is 37.7 Å². The Labute approximate surface area is 498 Å². The maximum Gasteiger partial charge on any atom is 0.339 e. The largest absolute Gasteiger partial charge is 0.497 e. The smallest absolute Gasteiger partial charge is 0.339 e. The number of anilines is 4. The summed E-state index contributed by atoms with van der Waals surface area (Å²) in [6, 6.07) is 48.9. The molecule has 0 saturated heterocycles. The Morgan fingerprint density at radius 1 is 0.713 bits per heavy atom. The number of aromatic amines is 1. The van der Waals surface area contributed by atoms with Crippen LogP contribution in [0.2, 0.25) is 5.15 Å². The van der Waals surface area contributed by atoms with Gasteiger partial charge >= 0.3 is 11.2 Å². The zero-order chi connectivity index (χ0) is 57.5. The van der Waals surface area contributed by atoms with Crippen molar-refractivity contribution in [3.05, 3.63) is 190 Å². The number of hydrogen-bond donors (Lipinski definition) is 4. The summed E-state index contributed by atoms with van der Waals surface area (Å²) >= 11 is 19.8. The monoisotopic (exact) mass is 1230 g/mol. The highest BCUT2D eigenvalue weighted by molar-refractivity contribution is 8.24. The van der Waals surface area contributed by atoms with E-state index in [1.165, 1.54) is 21.0 Å². The lowest BCUT2D eigenvalue weighted by molar-refractivity contribution is 0.0602. The highest BCUT2D eigenvalue weighted by Crippen LogP contribution is 2.61. The second kappa shape index (κ2) is 40.0. The van der Waals surface area contributed by atoms with Crippen LogP contribution in [0.4, 0.5) is 22.9 Å². The Balaban J connectivity index is 0. The molecule has 3 aromatic heterocycles. The highest BCUT2D eigenvalue weighted by atomic mass is 36.0. The fourth-order valence-corrected chi connectivity index (χ4v) is 6.56. The molecule has 17 nitrogen and oxygen atoms in total. The molecule has 9 aromatic rings. The molecule has 0 bridgehead atoms. The Hall–Kier alpha value is -7.28. The number of nitrogen functional groups attached to an aromatic ring is 1. The number of nitrogens with one attached hydrogen (secondary N) is 2. The van der Waals surface area contributed by atoms with Gasteiger partial charge in [0.25, 0.3) is 5.56 Å². The number of H-pyrrole nitrogens is 1. The van der Waals surface area contributed by atoms with E-state index in [1.807, 2.05) is 143 Å². The third-order valence-electron chi connectivity index (χ3n) is 9.66. The molecule has 426 valence electrons. The number of para-hydroxylation sites is 4. The molecule has 0 spiro atoms. The van der Waals surface area contributed by atoms with Gasteiger partial charge in [-0.15, -0.1) is 24.8 Å². The van der Waals surface area contributed by atoms with Gasteiger partial charge in [0.15, 0.2) is 0 Å². The van der Waals surface area contributed by atoms with Crippen molar-refractivity contribution in [1.82, 2.24) is 29.9 Å². The van der Waals surface area contributed by atoms with E-state index in [-0.39, 0.29) is 44.4 Å². The minimum Gasteiger partial charge on any atom is -0.497 e. The maximum atomic E-state index is 11.3. The zero-order valence-corrected chi connectivity index (χ0v) is 50.0. The van der Waals surface area contributed by atoms with Crippen LogP contribution in [-0.2, 0) is 15.9 Å². The Bertz CT molecular complexity index is 3430. The molecule has 0 aliphatic rings. The van der Waals surface area contributed by atoms with Gasteiger partial charge in [-0.05, 0) is 145 Å². The lowest BCUT2D eigenvalue weighted by Crippen LogP contribution is -2.12. The number of aliphatic hydroxyl groups is 1. The summed E-state index contributed by atoms with van der Waals surface area (Å²) in [6.07, 6.45) is 0. The van der Waals surface area contributed by atoms with Crippen molar-refractivity contribution in [2.45, 2.75) is 48.7 Å². The van der Waals surface area contributed by atoms with E-state index in [1.54, 1.807) is 56.5 Å². The van der Waals surface area contributed by atoms with Crippen molar-refractivity contribution in [3.63, 3.8) is 0 Å². The van der Waals surface area contributed by atoms with Gasteiger partial charge in [-0.2, -0.15) is 10.5 Å². The second-order valence-corrected chi connectivity index (χ2v) is 22.1. The Kier molecular flexibility index (Phi) is 37.4. The SMILES string of the molecule is C.CC#N.CC#N.CNc1ccc(CO)cc1.COC(=O)c1ccccc1N.COc1ccc(N(C)c2nc(C)nc3ccccc23)cc1.Cc1nc(Cl)c2ccccc2n1.Cc1nc2ccccc2c(=O)[nH]1.Cl.Cl.O=P(Cl)(Cl)Cl. The predicted octanol–water partition coefficient (Wildman–Crippen LogP) is 15.2. The van der Waals surface area contributed by atoms with Gasteiger partial charge in [-0.25, -0.2) is 29.7 Å². The summed E-state index contributed by atoms with van der Waals surface area (Å²) in [5.41, 5.74) is 12.0. The first-order valence-corrected chi connectivity index (χ1v) is 27.5. The molecule has 0 amide bonds. The number of esters is 1. The molecule has 5 N–H and O–H groups in total. The molecule has 0 unspecified atom stereocenters. The average Bonchev–Trinajstić information content (AvgIpc) is 3.41. The summed E-state index contributed by atoms with van der Waals surface area (Å²) in [6.45, 7) is 8.49. The van der Waals surface area contributed by atoms with Gasteiger partial charge in [0.2, 0.25) is 0 Å². The van der Waals surface area contributed by atoms with Crippen molar-refractivity contribution in [3.8, 4) is 17.9 Å². The van der Waals surface area contributed by atoms with Crippen LogP contribution < -0.4 is 26.2 Å². The number of nitriles is 2. The van der Waals surface area contributed by atoms with E-state index in [0.717, 1.165) is 61.7 Å². The number of methoxy groups -OCH3 is 2. The van der Waals surface area contributed by atoms with E-state index in [2.05, 4.69) is 78.6 Å². The molecule has 80 heavy (non-hydrogen) atoms. The Morgan fingerprint density at radius 3 is 1.62 bits per heavy atom. The molecule has 0 aliphatic carbocycles. The van der Waals surface area contributed by atoms with Gasteiger partial charge < -0.3 is 35.5 Å². The first-order chi connectivity index (χ1) is 36.7. The van der Waals surface area contributed by atoms with Crippen LogP contribution >= 0.6 is 75.3 Å². The standard InChI is InChI=1S/C17H17N3O.C9H7ClN2.C9H8N2O.C8H9NO2.C8H11NO.2C2H3N.CH4.Cl3OP.2ClH/c1-12-18-16-7-5-4-6-15(16)17(19-12)20(2)13-8-10-14(21-3)11-9-13;1-6-11-8-5-3-2-4-7(8)9(10)12-6;1-6-10-8-5-3-2-4-7(8)9(12)11-6;1-11-8(10)6-4-2-3-5-7(6)9;1-9-8-4-2-7(6-10)3-5-8;2*1-2-3;;1-5(2,3)4;;/h4-11H,1-3H3;2-5H,1H3;2-5H,1H3,(H,10,11,12);2-5H,9H2,1H3;2-5,9-10H,6H2,1H3;2*1H3;1H4;;2*1H. The molecule has 0 atom stereocenters. The minimum atomic E-state index is -3.22. The molecule has 0 fully saturated rings. The molecular formula is C56H64Cl6N11O6P. The zero-order valence-electron chi connectivity index (χ0n) is 44.5. The summed E-state index contributed by atoms with van der Waals surface area (Å²) in [7, 11) is 6.87. The Morgan fingerprint density at radius 2 is 1.15 bits per heavy atom. The quantitative estimate of drug-likeness (QED) is 0.0522. The number of aliphatic hydroxyl groups excluding tert-OH is 1. The molecule has 0 radical (unpaired) electrons. The fourth-order valence-electron chi connectivity index (χ4n) is 6.28. The number of carbonyl (C=O) groups excluding carboxylic acids is 1. The number of aromatic nitrogens is 6. The molecular weight excluding hydrogens is 1170 g/mol. The van der Waals surface area contributed by atoms with Crippen LogP contribution in [0.3, 0.4) is 0 Å². The van der Waals surface area contributed by atoms with Gasteiger partial charge in [0.1, 0.15) is 34.2 Å². The number of rotatable bonds is 6. The number of ether oxygens (including phenoxy) is 2. The van der Waals surface area contributed by atoms with Crippen LogP contribution in [0, 0.1) is 43.4 Å². The third-order valence-corrected chi connectivity index (χ3v) is 9.95. The topological polar surface area (TPSA) is 259 Å². The summed E-state index contributed by atoms with van der Waals surface area (Å²) < 4.78 is 19.2. The third kappa shape index (κ3) is 27.1. The highest BCUT2D eigenvalue weighted by Gasteiger charge is 2.12. The van der Waals surface area contributed by atoms with Gasteiger partial charge in [0, 0.05) is 55.8 Å². The molecule has 6 aromatic carbocycles. The summed E-state index contributed by atoms with van der Waals surface area (Å²) in [4.78, 5) is 48.5. The van der Waals surface area contributed by atoms with Crippen LogP contribution in [0.15, 0.2) is 150 Å². The number of nitrogens with two attached hydrogens (primary N) is 1. The normalized spacial score (nSPS) is 9.30. The summed E-state index contributed by atoms with van der Waals surface area (Å²) in [5, 5.41) is 26.2. The first kappa shape index (κ1) is 74.8. The molecule has 9 rings (SSSR count). The summed E-state index contributed by atoms with van der Waals surface area (Å²) in [5.74, 6) is 3.48. The van der Waals surface area contributed by atoms with Crippen LogP contribution in [0.1, 0.15) is 54.7 Å². The van der Waals surface area contributed by atoms with Gasteiger partial charge in [-0.3, -0.25) is 9.36 Å². The fraction of sp³-hybridized carbons (Fsp3) is 0.196. The van der Waals surface area contributed by atoms with Crippen molar-refractivity contribution < 1.29 is 23.9 Å². The van der Waals surface area contributed by atoms with Crippen molar-refractivity contribution in [2.24, 2.45) is 0 Å². The maximum absolute atomic E-state index is 11.3. The molecule has 3 heterocycles. The van der Waals surface area contributed by atoms with E-state index in [0.29, 0.717) is 33.4 Å². The van der Waals surface area contributed by atoms with Gasteiger partial charge in [0.05, 0.1) is 60.5 Å². The molecule has 0 saturated carbocycles. The number of hydrogen-bond acceptors (Lipinski definition) is 16. The first-order valence-electron chi connectivity index (χ1n) is 22.7. The lowest BCUT2D eigenvalue weighted by atomic mass is 10.2. The van der Waals surface area contributed by atoms with Gasteiger partial charge in [-0.1, -0.05) is 79.7 Å². The number of benzene rings is 6. The van der Waals surface area contributed by atoms with E-state index < -0.39 is 11.2 Å². The molecule has 0 aliphatic heterocycles. The number of nitrogens with zero attached hydrogens (tertiary/aromatic N) is 8. The van der Waals surface area contributed by atoms with E-state index >= 15 is 0 Å². The van der Waals surface area contributed by atoms with Crippen molar-refractivity contribution in [2.75, 3.05) is 44.3 Å². The molecule has 24 heteroatoms. The van der Waals surface area contributed by atoms with Crippen LogP contribution in [0.25, 0.3) is 32.7 Å². The van der Waals surface area contributed by atoms with Crippen molar-refractivity contribution >= 4 is 137 Å². The predicted molar refractivity (Wildman–Crippen MR) is 335 cm³/mol. The number of aryl methyl sites for hydroxylation is 3. The second-order valence-electron chi connectivity index (χ2n) is 15.1. The lowest BCUT2D eigenvalue weighted by Gasteiger charge is -2.20. The van der Waals surface area contributed by atoms with Crippen LogP contribution in [-0.4, -0.2) is 69.3 Å². The van der Waals surface area contributed by atoms with E-state index in [9.17, 15) is 14.2 Å². The number of fused-ring (bicyclic) bond motifs is 3. The average molecular weight is 1230 g/mol. The van der Waals surface area contributed by atoms with Crippen LogP contribution in [0.5, 0.6) is 5.75 Å². The number of carbonyl (C=O) groups is 1.